The highest BCUT2D eigenvalue weighted by molar-refractivity contribution is 6.27. The van der Waals surface area contributed by atoms with Crippen LogP contribution in [0.1, 0.15) is 26.2 Å². The Balaban J connectivity index is 2.95. The third-order valence-corrected chi connectivity index (χ3v) is 1.60. The zero-order valence-electron chi connectivity index (χ0n) is 6.94. The number of carbonyl (C=O) groups is 1. The van der Waals surface area contributed by atoms with Gasteiger partial charge in [-0.1, -0.05) is 19.8 Å². The second-order valence-corrected chi connectivity index (χ2v) is 2.70. The Morgan fingerprint density at radius 1 is 1.45 bits per heavy atom. The van der Waals surface area contributed by atoms with Crippen LogP contribution in [0.4, 0.5) is 0 Å². The predicted molar refractivity (Wildman–Crippen MR) is 46.1 cm³/mol. The number of hydrogen-bond acceptors (Lipinski definition) is 2. The summed E-state index contributed by atoms with van der Waals surface area (Å²) in [6.45, 7) is 2.98. The van der Waals surface area contributed by atoms with Gasteiger partial charge in [-0.25, -0.2) is 0 Å². The SMILES string of the molecule is CCCCCOCC(=O)CCl. The number of alkyl halides is 1. The molecule has 0 N–H and O–H groups in total. The molecule has 0 saturated heterocycles. The molecule has 0 bridgehead atoms. The van der Waals surface area contributed by atoms with E-state index >= 15 is 0 Å². The lowest BCUT2D eigenvalue weighted by molar-refractivity contribution is -0.121. The number of unbranched alkanes of at least 4 members (excludes halogenated alkanes) is 2. The van der Waals surface area contributed by atoms with Gasteiger partial charge in [0.25, 0.3) is 0 Å². The van der Waals surface area contributed by atoms with Crippen molar-refractivity contribution in [2.45, 2.75) is 26.2 Å². The van der Waals surface area contributed by atoms with Gasteiger partial charge >= 0.3 is 0 Å². The molecule has 0 aromatic rings. The molecule has 0 atom stereocenters. The van der Waals surface area contributed by atoms with Crippen molar-refractivity contribution in [3.8, 4) is 0 Å². The summed E-state index contributed by atoms with van der Waals surface area (Å²) in [4.78, 5) is 10.6. The largest absolute Gasteiger partial charge is 0.374 e. The first-order valence-corrected chi connectivity index (χ1v) is 4.50. The maximum Gasteiger partial charge on any atom is 0.173 e. The molecule has 0 aliphatic carbocycles. The third kappa shape index (κ3) is 7.82. The molecule has 0 amide bonds. The van der Waals surface area contributed by atoms with E-state index in [1.54, 1.807) is 0 Å². The molecule has 3 heteroatoms. The maximum atomic E-state index is 10.6. The van der Waals surface area contributed by atoms with Crippen LogP contribution >= 0.6 is 11.6 Å². The molecule has 0 spiro atoms. The Labute approximate surface area is 72.9 Å². The lowest BCUT2D eigenvalue weighted by Gasteiger charge is -2.00. The first-order valence-electron chi connectivity index (χ1n) is 3.96. The summed E-state index contributed by atoms with van der Waals surface area (Å²) in [7, 11) is 0. The van der Waals surface area contributed by atoms with Crippen molar-refractivity contribution in [2.75, 3.05) is 19.1 Å². The molecule has 0 aliphatic rings. The van der Waals surface area contributed by atoms with Crippen LogP contribution in [-0.4, -0.2) is 24.9 Å². The van der Waals surface area contributed by atoms with E-state index in [2.05, 4.69) is 6.92 Å². The Kier molecular flexibility index (Phi) is 7.96. The van der Waals surface area contributed by atoms with E-state index in [4.69, 9.17) is 16.3 Å². The average molecular weight is 179 g/mol. The van der Waals surface area contributed by atoms with Crippen molar-refractivity contribution in [1.29, 1.82) is 0 Å². The fourth-order valence-electron chi connectivity index (χ4n) is 0.679. The molecule has 0 fully saturated rings. The van der Waals surface area contributed by atoms with Crippen LogP contribution in [0, 0.1) is 0 Å². The van der Waals surface area contributed by atoms with Gasteiger partial charge in [-0.3, -0.25) is 4.79 Å². The molecule has 11 heavy (non-hydrogen) atoms. The summed E-state index contributed by atoms with van der Waals surface area (Å²) in [5.41, 5.74) is 0. The summed E-state index contributed by atoms with van der Waals surface area (Å²) in [6.07, 6.45) is 3.37. The van der Waals surface area contributed by atoms with E-state index in [1.165, 1.54) is 6.42 Å². The smallest absolute Gasteiger partial charge is 0.173 e. The van der Waals surface area contributed by atoms with Crippen molar-refractivity contribution in [2.24, 2.45) is 0 Å². The summed E-state index contributed by atoms with van der Waals surface area (Å²) >= 11 is 5.26. The Bertz CT molecular complexity index is 104. The highest BCUT2D eigenvalue weighted by atomic mass is 35.5. The lowest BCUT2D eigenvalue weighted by Crippen LogP contribution is -2.10. The molecule has 0 rings (SSSR count). The lowest BCUT2D eigenvalue weighted by atomic mass is 10.3. The number of carbonyl (C=O) groups excluding carboxylic acids is 1. The van der Waals surface area contributed by atoms with Crippen LogP contribution in [0.2, 0.25) is 0 Å². The van der Waals surface area contributed by atoms with E-state index < -0.39 is 0 Å². The summed E-state index contributed by atoms with van der Waals surface area (Å²) in [5, 5.41) is 0. The first kappa shape index (κ1) is 10.9. The van der Waals surface area contributed by atoms with Crippen LogP contribution < -0.4 is 0 Å². The standard InChI is InChI=1S/C8H15ClO2/c1-2-3-4-5-11-7-8(10)6-9/h2-7H2,1H3. The van der Waals surface area contributed by atoms with E-state index in [-0.39, 0.29) is 18.3 Å². The Hall–Kier alpha value is -0.0800. The van der Waals surface area contributed by atoms with Crippen molar-refractivity contribution in [1.82, 2.24) is 0 Å². The van der Waals surface area contributed by atoms with E-state index in [1.807, 2.05) is 0 Å². The van der Waals surface area contributed by atoms with E-state index in [0.29, 0.717) is 6.61 Å². The molecule has 0 aromatic heterocycles. The van der Waals surface area contributed by atoms with E-state index in [9.17, 15) is 4.79 Å². The number of Topliss-reactive ketones (excluding diaryl/α,β-unsaturated/α-hetero) is 1. The molecular formula is C8H15ClO2. The fourth-order valence-corrected chi connectivity index (χ4v) is 0.756. The van der Waals surface area contributed by atoms with Crippen LogP contribution in [0.25, 0.3) is 0 Å². The molecule has 0 radical (unpaired) electrons. The first-order chi connectivity index (χ1) is 5.31. The van der Waals surface area contributed by atoms with Gasteiger partial charge in [0.15, 0.2) is 5.78 Å². The normalized spacial score (nSPS) is 10.0. The highest BCUT2D eigenvalue weighted by Gasteiger charge is 1.97. The average Bonchev–Trinajstić information content (AvgIpc) is 2.04. The van der Waals surface area contributed by atoms with Crippen molar-refractivity contribution in [3.63, 3.8) is 0 Å². The summed E-state index contributed by atoms with van der Waals surface area (Å²) < 4.78 is 5.05. The highest BCUT2D eigenvalue weighted by Crippen LogP contribution is 1.94. The Morgan fingerprint density at radius 3 is 2.73 bits per heavy atom. The molecule has 0 aromatic carbocycles. The molecule has 2 nitrogen and oxygen atoms in total. The number of ketones is 1. The van der Waals surface area contributed by atoms with Crippen LogP contribution in [0.3, 0.4) is 0 Å². The van der Waals surface area contributed by atoms with Gasteiger partial charge in [0.1, 0.15) is 6.61 Å². The summed E-state index contributed by atoms with van der Waals surface area (Å²) in [5.74, 6) is 0.0245. The van der Waals surface area contributed by atoms with Gasteiger partial charge in [0, 0.05) is 6.61 Å². The van der Waals surface area contributed by atoms with Gasteiger partial charge in [-0.2, -0.15) is 0 Å². The van der Waals surface area contributed by atoms with Gasteiger partial charge < -0.3 is 4.74 Å². The zero-order chi connectivity index (χ0) is 8.53. The molecule has 0 heterocycles. The minimum absolute atomic E-state index is 0.0387. The van der Waals surface area contributed by atoms with Crippen LogP contribution in [0.5, 0.6) is 0 Å². The van der Waals surface area contributed by atoms with Crippen LogP contribution in [-0.2, 0) is 9.53 Å². The topological polar surface area (TPSA) is 26.3 Å². The minimum Gasteiger partial charge on any atom is -0.374 e. The van der Waals surface area contributed by atoms with Gasteiger partial charge in [0.2, 0.25) is 0 Å². The molecule has 0 aliphatic heterocycles. The van der Waals surface area contributed by atoms with Crippen LogP contribution in [0.15, 0.2) is 0 Å². The van der Waals surface area contributed by atoms with E-state index in [0.717, 1.165) is 12.8 Å². The van der Waals surface area contributed by atoms with Gasteiger partial charge in [-0.15, -0.1) is 11.6 Å². The zero-order valence-corrected chi connectivity index (χ0v) is 7.69. The number of halogens is 1. The summed E-state index contributed by atoms with van der Waals surface area (Å²) in [6, 6.07) is 0. The minimum atomic E-state index is -0.0387. The third-order valence-electron chi connectivity index (χ3n) is 1.30. The van der Waals surface area contributed by atoms with Gasteiger partial charge in [0.05, 0.1) is 5.88 Å². The molecular weight excluding hydrogens is 164 g/mol. The second kappa shape index (κ2) is 8.02. The molecule has 0 saturated carbocycles. The van der Waals surface area contributed by atoms with Crippen molar-refractivity contribution < 1.29 is 9.53 Å². The molecule has 0 unspecified atom stereocenters. The van der Waals surface area contributed by atoms with Crippen molar-refractivity contribution >= 4 is 17.4 Å². The second-order valence-electron chi connectivity index (χ2n) is 2.43. The molecule has 66 valence electrons. The number of hydrogen-bond donors (Lipinski definition) is 0. The maximum absolute atomic E-state index is 10.6. The Morgan fingerprint density at radius 2 is 2.18 bits per heavy atom. The van der Waals surface area contributed by atoms with Crippen molar-refractivity contribution in [3.05, 3.63) is 0 Å². The fraction of sp³-hybridized carbons (Fsp3) is 0.875. The quantitative estimate of drug-likeness (QED) is 0.440. The number of rotatable bonds is 7. The predicted octanol–water partition coefficient (Wildman–Crippen LogP) is 2.00. The number of ether oxygens (including phenoxy) is 1. The van der Waals surface area contributed by atoms with Gasteiger partial charge in [-0.05, 0) is 6.42 Å². The monoisotopic (exact) mass is 178 g/mol.